The van der Waals surface area contributed by atoms with E-state index < -0.39 is 0 Å². The van der Waals surface area contributed by atoms with Gasteiger partial charge in [0.15, 0.2) is 23.0 Å². The lowest BCUT2D eigenvalue weighted by Crippen LogP contribution is -2.18. The third-order valence-electron chi connectivity index (χ3n) is 6.53. The van der Waals surface area contributed by atoms with Gasteiger partial charge in [0.25, 0.3) is 0 Å². The van der Waals surface area contributed by atoms with Crippen LogP contribution in [-0.2, 0) is 6.61 Å². The molecule has 4 aromatic carbocycles. The van der Waals surface area contributed by atoms with E-state index in [1.807, 2.05) is 71.7 Å². The van der Waals surface area contributed by atoms with Crippen molar-refractivity contribution in [2.75, 3.05) is 26.3 Å². The minimum Gasteiger partial charge on any atom is -0.493 e. The number of hydrazone groups is 1. The molecule has 0 bridgehead atoms. The second-order valence-corrected chi connectivity index (χ2v) is 8.84. The highest BCUT2D eigenvalue weighted by Crippen LogP contribution is 2.40. The van der Waals surface area contributed by atoms with E-state index in [2.05, 4.69) is 0 Å². The van der Waals surface area contributed by atoms with Gasteiger partial charge in [0.05, 0.1) is 38.8 Å². The molecule has 6 nitrogen and oxygen atoms in total. The summed E-state index contributed by atoms with van der Waals surface area (Å²) in [6.07, 6.45) is 0.684. The molecule has 0 fully saturated rings. The second kappa shape index (κ2) is 11.3. The Labute approximate surface area is 221 Å². The molecule has 0 N–H and O–H groups in total. The van der Waals surface area contributed by atoms with Crippen LogP contribution < -0.4 is 24.0 Å². The van der Waals surface area contributed by atoms with E-state index in [0.717, 1.165) is 28.1 Å². The topological polar surface area (TPSA) is 52.5 Å². The largest absolute Gasteiger partial charge is 0.493 e. The highest BCUT2D eigenvalue weighted by Gasteiger charge is 2.31. The minimum absolute atomic E-state index is 0.0551. The maximum Gasteiger partial charge on any atom is 0.161 e. The van der Waals surface area contributed by atoms with Gasteiger partial charge in [-0.05, 0) is 65.7 Å². The lowest BCUT2D eigenvalue weighted by molar-refractivity contribution is 0.284. The average Bonchev–Trinajstić information content (AvgIpc) is 3.42. The smallest absolute Gasteiger partial charge is 0.161 e. The van der Waals surface area contributed by atoms with Crippen LogP contribution >= 0.6 is 0 Å². The fourth-order valence-corrected chi connectivity index (χ4v) is 4.53. The number of halogens is 1. The third-order valence-corrected chi connectivity index (χ3v) is 6.53. The first kappa shape index (κ1) is 25.1. The number of hydrogen-bond donors (Lipinski definition) is 0. The summed E-state index contributed by atoms with van der Waals surface area (Å²) in [5.74, 6) is 2.30. The van der Waals surface area contributed by atoms with Crippen molar-refractivity contribution in [3.8, 4) is 23.0 Å². The van der Waals surface area contributed by atoms with Gasteiger partial charge in [0, 0.05) is 12.0 Å². The second-order valence-electron chi connectivity index (χ2n) is 8.84. The van der Waals surface area contributed by atoms with Crippen molar-refractivity contribution in [2.24, 2.45) is 5.10 Å². The van der Waals surface area contributed by atoms with Crippen LogP contribution in [0.3, 0.4) is 0 Å². The number of rotatable bonds is 9. The normalized spacial score (nSPS) is 14.7. The summed E-state index contributed by atoms with van der Waals surface area (Å²) in [7, 11) is 4.88. The predicted octanol–water partition coefficient (Wildman–Crippen LogP) is 6.79. The molecule has 1 heterocycles. The van der Waals surface area contributed by atoms with Gasteiger partial charge in [-0.2, -0.15) is 5.10 Å². The van der Waals surface area contributed by atoms with Crippen LogP contribution in [-0.4, -0.2) is 27.0 Å². The summed E-state index contributed by atoms with van der Waals surface area (Å²) < 4.78 is 35.9. The molecule has 1 unspecified atom stereocenters. The van der Waals surface area contributed by atoms with Crippen molar-refractivity contribution in [2.45, 2.75) is 19.1 Å². The summed E-state index contributed by atoms with van der Waals surface area (Å²) in [5, 5.41) is 7.07. The molecule has 0 aliphatic carbocycles. The number of ether oxygens (including phenoxy) is 4. The van der Waals surface area contributed by atoms with Crippen molar-refractivity contribution < 1.29 is 23.3 Å². The molecule has 1 aliphatic rings. The van der Waals surface area contributed by atoms with Gasteiger partial charge in [-0.25, -0.2) is 4.39 Å². The van der Waals surface area contributed by atoms with Gasteiger partial charge >= 0.3 is 0 Å². The van der Waals surface area contributed by atoms with E-state index in [0.29, 0.717) is 36.0 Å². The molecule has 1 aliphatic heterocycles. The van der Waals surface area contributed by atoms with Gasteiger partial charge in [-0.3, -0.25) is 5.01 Å². The molecule has 0 radical (unpaired) electrons. The Bertz CT molecular complexity index is 1420. The number of para-hydroxylation sites is 1. The van der Waals surface area contributed by atoms with Crippen LogP contribution in [0.2, 0.25) is 0 Å². The van der Waals surface area contributed by atoms with Gasteiger partial charge < -0.3 is 18.9 Å². The molecular weight excluding hydrogens is 483 g/mol. The predicted molar refractivity (Wildman–Crippen MR) is 146 cm³/mol. The van der Waals surface area contributed by atoms with E-state index >= 15 is 0 Å². The number of nitrogens with zero attached hydrogens (tertiary/aromatic N) is 2. The fourth-order valence-electron chi connectivity index (χ4n) is 4.53. The molecule has 5 rings (SSSR count). The Kier molecular flexibility index (Phi) is 7.45. The third kappa shape index (κ3) is 5.27. The first-order valence-electron chi connectivity index (χ1n) is 12.3. The Hall–Kier alpha value is -4.52. The Morgan fingerprint density at radius 2 is 1.45 bits per heavy atom. The number of hydrogen-bond acceptors (Lipinski definition) is 6. The van der Waals surface area contributed by atoms with Crippen LogP contribution in [0, 0.1) is 5.82 Å². The van der Waals surface area contributed by atoms with Crippen LogP contribution in [0.25, 0.3) is 0 Å². The van der Waals surface area contributed by atoms with Crippen molar-refractivity contribution >= 4 is 11.4 Å². The quantitative estimate of drug-likeness (QED) is 0.247. The zero-order valence-electron chi connectivity index (χ0n) is 21.6. The molecular formula is C31H29FN2O4. The van der Waals surface area contributed by atoms with E-state index in [9.17, 15) is 4.39 Å². The van der Waals surface area contributed by atoms with E-state index in [1.54, 1.807) is 33.5 Å². The summed E-state index contributed by atoms with van der Waals surface area (Å²) >= 11 is 0. The Morgan fingerprint density at radius 3 is 2.16 bits per heavy atom. The van der Waals surface area contributed by atoms with Gasteiger partial charge in [-0.1, -0.05) is 36.4 Å². The maximum atomic E-state index is 13.2. The fraction of sp³-hybridized carbons (Fsp3) is 0.194. The monoisotopic (exact) mass is 512 g/mol. The number of methoxy groups -OCH3 is 3. The van der Waals surface area contributed by atoms with E-state index in [4.69, 9.17) is 24.0 Å². The van der Waals surface area contributed by atoms with Crippen molar-refractivity contribution in [1.29, 1.82) is 0 Å². The van der Waals surface area contributed by atoms with Crippen molar-refractivity contribution in [3.05, 3.63) is 114 Å². The first-order valence-corrected chi connectivity index (χ1v) is 12.3. The molecule has 4 aromatic rings. The number of anilines is 1. The lowest BCUT2D eigenvalue weighted by Gasteiger charge is -2.24. The highest BCUT2D eigenvalue weighted by atomic mass is 19.1. The minimum atomic E-state index is -0.273. The van der Waals surface area contributed by atoms with Crippen LogP contribution in [0.5, 0.6) is 23.0 Å². The van der Waals surface area contributed by atoms with Crippen LogP contribution in [0.15, 0.2) is 96.1 Å². The zero-order chi connectivity index (χ0) is 26.5. The Morgan fingerprint density at radius 1 is 0.763 bits per heavy atom. The molecule has 7 heteroatoms. The molecule has 0 spiro atoms. The molecule has 194 valence electrons. The molecule has 0 saturated heterocycles. The molecule has 0 aromatic heterocycles. The van der Waals surface area contributed by atoms with Gasteiger partial charge in [-0.15, -0.1) is 0 Å². The van der Waals surface area contributed by atoms with Crippen LogP contribution in [0.1, 0.15) is 29.2 Å². The Balaban J connectivity index is 1.44. The molecule has 0 amide bonds. The van der Waals surface area contributed by atoms with Crippen molar-refractivity contribution in [1.82, 2.24) is 0 Å². The summed E-state index contributed by atoms with van der Waals surface area (Å²) in [4.78, 5) is 0. The zero-order valence-corrected chi connectivity index (χ0v) is 21.6. The van der Waals surface area contributed by atoms with Gasteiger partial charge in [0.2, 0.25) is 0 Å². The van der Waals surface area contributed by atoms with Crippen molar-refractivity contribution in [3.63, 3.8) is 0 Å². The molecule has 0 saturated carbocycles. The van der Waals surface area contributed by atoms with Crippen LogP contribution in [0.4, 0.5) is 10.1 Å². The highest BCUT2D eigenvalue weighted by molar-refractivity contribution is 6.03. The maximum absolute atomic E-state index is 13.2. The summed E-state index contributed by atoms with van der Waals surface area (Å²) in [5.41, 5.74) is 4.81. The SMILES string of the molecule is COc1ccc(C2=NN(c3ccccc3)C(c3ccc(OCc4ccc(F)cc4)c(OC)c3)C2)cc1OC. The average molecular weight is 513 g/mol. The van der Waals surface area contributed by atoms with E-state index in [1.165, 1.54) is 12.1 Å². The van der Waals surface area contributed by atoms with E-state index in [-0.39, 0.29) is 11.9 Å². The standard InChI is InChI=1S/C31H29FN2O4/c1-35-28-15-11-22(17-30(28)36-2)26-19-27(34(33-26)25-7-5-4-6-8-25)23-12-16-29(31(18-23)37-3)38-20-21-9-13-24(32)14-10-21/h4-18,27H,19-20H2,1-3H3. The molecule has 1 atom stereocenters. The van der Waals surface area contributed by atoms with Gasteiger partial charge in [0.1, 0.15) is 12.4 Å². The summed E-state index contributed by atoms with van der Waals surface area (Å²) in [6, 6.07) is 28.1. The number of benzene rings is 4. The molecule has 38 heavy (non-hydrogen) atoms. The summed E-state index contributed by atoms with van der Waals surface area (Å²) in [6.45, 7) is 0.308. The lowest BCUT2D eigenvalue weighted by atomic mass is 9.97. The first-order chi connectivity index (χ1) is 18.6.